The van der Waals surface area contributed by atoms with Gasteiger partial charge in [-0.1, -0.05) is 40.6 Å². The molecular formula is C31H23Cl2FN6O. The van der Waals surface area contributed by atoms with Crippen molar-refractivity contribution in [2.24, 2.45) is 10.9 Å². The Morgan fingerprint density at radius 2 is 1.93 bits per heavy atom. The number of pyridine rings is 2. The highest BCUT2D eigenvalue weighted by atomic mass is 35.5. The van der Waals surface area contributed by atoms with Crippen LogP contribution >= 0.6 is 23.2 Å². The molecule has 0 radical (unpaired) electrons. The fourth-order valence-corrected chi connectivity index (χ4v) is 7.02. The van der Waals surface area contributed by atoms with Gasteiger partial charge < -0.3 is 4.57 Å². The number of rotatable bonds is 4. The number of fused-ring (bicyclic) bond motifs is 4. The normalized spacial score (nSPS) is 22.5. The summed E-state index contributed by atoms with van der Waals surface area (Å²) < 4.78 is 18.7. The largest absolute Gasteiger partial charge is 0.303 e. The van der Waals surface area contributed by atoms with Crippen molar-refractivity contribution < 1.29 is 4.39 Å². The summed E-state index contributed by atoms with van der Waals surface area (Å²) in [5, 5.41) is 8.77. The molecule has 4 aliphatic rings. The van der Waals surface area contributed by atoms with Crippen molar-refractivity contribution in [1.29, 1.82) is 0 Å². The number of aliphatic imine (C=N–C) groups is 1. The van der Waals surface area contributed by atoms with Crippen molar-refractivity contribution in [3.8, 4) is 16.8 Å². The Hall–Kier alpha value is -3.88. The zero-order valence-electron chi connectivity index (χ0n) is 21.8. The van der Waals surface area contributed by atoms with E-state index in [0.717, 1.165) is 59.3 Å². The van der Waals surface area contributed by atoms with Crippen molar-refractivity contribution in [2.45, 2.75) is 44.1 Å². The Morgan fingerprint density at radius 1 is 1.05 bits per heavy atom. The first-order chi connectivity index (χ1) is 19.8. The Balaban J connectivity index is 1.13. The van der Waals surface area contributed by atoms with E-state index in [1.54, 1.807) is 29.2 Å². The number of hydrogen-bond donors (Lipinski definition) is 0. The summed E-state index contributed by atoms with van der Waals surface area (Å²) in [6.45, 7) is 4.09. The van der Waals surface area contributed by atoms with Crippen LogP contribution in [0.15, 0.2) is 76.7 Å². The van der Waals surface area contributed by atoms with Gasteiger partial charge >= 0.3 is 0 Å². The molecule has 5 heterocycles. The van der Waals surface area contributed by atoms with Crippen molar-refractivity contribution in [3.05, 3.63) is 110 Å². The van der Waals surface area contributed by atoms with E-state index in [-0.39, 0.29) is 28.6 Å². The van der Waals surface area contributed by atoms with Gasteiger partial charge in [-0.2, -0.15) is 4.39 Å². The summed E-state index contributed by atoms with van der Waals surface area (Å²) in [4.78, 5) is 22.7. The number of halogens is 3. The molecule has 3 atom stereocenters. The van der Waals surface area contributed by atoms with Crippen LogP contribution in [-0.2, 0) is 12.8 Å². The van der Waals surface area contributed by atoms with Gasteiger partial charge in [-0.15, -0.1) is 5.10 Å². The summed E-state index contributed by atoms with van der Waals surface area (Å²) in [5.41, 5.74) is 8.34. The molecule has 0 amide bonds. The molecule has 1 aromatic carbocycles. The van der Waals surface area contributed by atoms with E-state index in [1.807, 2.05) is 28.8 Å². The number of aryl methyl sites for hydroxylation is 1. The zero-order chi connectivity index (χ0) is 28.0. The smallest absolute Gasteiger partial charge is 0.251 e. The van der Waals surface area contributed by atoms with Crippen LogP contribution in [-0.4, -0.2) is 30.3 Å². The standard InChI is InChI=1S/C31H23Cl2FN6O/c1-15-2-3-16-7-18(13-35-24(16)6-15)21-12-25(36-31(21)34)30-23-11-22(23)27-8-17(9-29(41)40(27)30)20-10-19(32)4-5-26(20)39-14-28(33)37-38-39/h4-5,7-10,13-14,22-23,30H,1-3,6,11-12H2. The summed E-state index contributed by atoms with van der Waals surface area (Å²) in [7, 11) is 0. The maximum atomic E-state index is 15.3. The molecule has 10 heteroatoms. The minimum absolute atomic E-state index is 0.149. The molecule has 3 unspecified atom stereocenters. The SMILES string of the molecule is C=C1CCc2cc(C3=C(F)N=C(C4C5CC5c5cc(-c6cc(Cl)ccc6-n6cc(Cl)nn6)cc(=O)n54)C3)cnc2C1. The highest BCUT2D eigenvalue weighted by molar-refractivity contribution is 6.31. The summed E-state index contributed by atoms with van der Waals surface area (Å²) in [6, 6.07) is 10.8. The predicted molar refractivity (Wildman–Crippen MR) is 156 cm³/mol. The first kappa shape index (κ1) is 24.9. The third-order valence-corrected chi connectivity index (χ3v) is 9.16. The van der Waals surface area contributed by atoms with E-state index < -0.39 is 5.95 Å². The maximum absolute atomic E-state index is 15.3. The second kappa shape index (κ2) is 9.06. The lowest BCUT2D eigenvalue weighted by Gasteiger charge is -2.20. The van der Waals surface area contributed by atoms with Crippen LogP contribution in [0.5, 0.6) is 0 Å². The number of aromatic nitrogens is 5. The predicted octanol–water partition coefficient (Wildman–Crippen LogP) is 6.68. The van der Waals surface area contributed by atoms with E-state index in [0.29, 0.717) is 28.4 Å². The van der Waals surface area contributed by atoms with Crippen molar-refractivity contribution in [1.82, 2.24) is 24.5 Å². The lowest BCUT2D eigenvalue weighted by Crippen LogP contribution is -2.29. The zero-order valence-corrected chi connectivity index (χ0v) is 23.3. The van der Waals surface area contributed by atoms with E-state index in [2.05, 4.69) is 26.9 Å². The third kappa shape index (κ3) is 4.03. The first-order valence-electron chi connectivity index (χ1n) is 13.6. The molecule has 8 rings (SSSR count). The number of benzene rings is 1. The molecule has 0 N–H and O–H groups in total. The van der Waals surface area contributed by atoms with Gasteiger partial charge in [-0.25, -0.2) is 9.67 Å². The van der Waals surface area contributed by atoms with Crippen molar-refractivity contribution >= 4 is 34.5 Å². The van der Waals surface area contributed by atoms with Gasteiger partial charge in [0.1, 0.15) is 0 Å². The first-order valence-corrected chi connectivity index (χ1v) is 14.3. The van der Waals surface area contributed by atoms with Crippen LogP contribution < -0.4 is 5.56 Å². The Bertz CT molecular complexity index is 1940. The van der Waals surface area contributed by atoms with Crippen LogP contribution in [0.2, 0.25) is 10.2 Å². The van der Waals surface area contributed by atoms with E-state index in [9.17, 15) is 4.79 Å². The molecule has 1 saturated carbocycles. The van der Waals surface area contributed by atoms with Crippen molar-refractivity contribution in [3.63, 3.8) is 0 Å². The monoisotopic (exact) mass is 584 g/mol. The highest BCUT2D eigenvalue weighted by Crippen LogP contribution is 2.60. The average Bonchev–Trinajstić information content (AvgIpc) is 3.27. The Kier molecular flexibility index (Phi) is 5.50. The minimum Gasteiger partial charge on any atom is -0.303 e. The van der Waals surface area contributed by atoms with Crippen LogP contribution in [0.3, 0.4) is 0 Å². The van der Waals surface area contributed by atoms with Gasteiger partial charge in [0.25, 0.3) is 5.56 Å². The molecule has 2 aliphatic heterocycles. The molecule has 204 valence electrons. The molecule has 3 aromatic heterocycles. The Morgan fingerprint density at radius 3 is 2.76 bits per heavy atom. The molecule has 1 fully saturated rings. The molecule has 2 aliphatic carbocycles. The Labute approximate surface area is 244 Å². The van der Waals surface area contributed by atoms with E-state index in [1.165, 1.54) is 5.57 Å². The topological polar surface area (TPSA) is 78.0 Å². The number of allylic oxidation sites excluding steroid dienone is 2. The molecule has 41 heavy (non-hydrogen) atoms. The minimum atomic E-state index is -0.479. The second-order valence-electron chi connectivity index (χ2n) is 11.3. The van der Waals surface area contributed by atoms with Gasteiger partial charge in [-0.05, 0) is 66.6 Å². The molecule has 0 spiro atoms. The molecule has 0 bridgehead atoms. The van der Waals surface area contributed by atoms with Gasteiger partial charge in [0.2, 0.25) is 5.95 Å². The summed E-state index contributed by atoms with van der Waals surface area (Å²) in [5.74, 6) is -0.0266. The van der Waals surface area contributed by atoms with Crippen molar-refractivity contribution in [2.75, 3.05) is 0 Å². The van der Waals surface area contributed by atoms with E-state index in [4.69, 9.17) is 23.2 Å². The third-order valence-electron chi connectivity index (χ3n) is 8.75. The highest BCUT2D eigenvalue weighted by Gasteiger charge is 2.55. The van der Waals surface area contributed by atoms with E-state index >= 15 is 4.39 Å². The second-order valence-corrected chi connectivity index (χ2v) is 12.1. The van der Waals surface area contributed by atoms with Gasteiger partial charge in [0, 0.05) is 69.8 Å². The molecule has 4 aromatic rings. The summed E-state index contributed by atoms with van der Waals surface area (Å²) in [6.07, 6.45) is 7.23. The molecular weight excluding hydrogens is 562 g/mol. The number of hydrogen-bond acceptors (Lipinski definition) is 5. The lowest BCUT2D eigenvalue weighted by molar-refractivity contribution is 0.579. The maximum Gasteiger partial charge on any atom is 0.251 e. The average molecular weight is 585 g/mol. The van der Waals surface area contributed by atoms with Crippen LogP contribution in [0.25, 0.3) is 22.4 Å². The van der Waals surface area contributed by atoms with Crippen LogP contribution in [0.1, 0.15) is 53.7 Å². The summed E-state index contributed by atoms with van der Waals surface area (Å²) >= 11 is 12.4. The van der Waals surface area contributed by atoms with Crippen LogP contribution in [0, 0.1) is 5.92 Å². The fourth-order valence-electron chi connectivity index (χ4n) is 6.73. The molecule has 0 saturated heterocycles. The fraction of sp³-hybridized carbons (Fsp3) is 0.258. The quantitative estimate of drug-likeness (QED) is 0.198. The lowest BCUT2D eigenvalue weighted by atomic mass is 9.90. The van der Waals surface area contributed by atoms with Crippen LogP contribution in [0.4, 0.5) is 4.39 Å². The molecule has 7 nitrogen and oxygen atoms in total. The van der Waals surface area contributed by atoms with Gasteiger partial charge in [0.15, 0.2) is 5.15 Å². The van der Waals surface area contributed by atoms with Gasteiger partial charge in [0.05, 0.1) is 17.9 Å². The number of nitrogens with zero attached hydrogens (tertiary/aromatic N) is 6. The van der Waals surface area contributed by atoms with Gasteiger partial charge in [-0.3, -0.25) is 9.78 Å².